The fourth-order valence-corrected chi connectivity index (χ4v) is 2.36. The first kappa shape index (κ1) is 13.5. The number of hydrogen-bond acceptors (Lipinski definition) is 2. The Hall–Kier alpha value is -0.563. The SMILES string of the molecule is CC(C)(C)[Si](C)(C)OCC#Cc1cccs1. The summed E-state index contributed by atoms with van der Waals surface area (Å²) in [5.74, 6) is 6.20. The van der Waals surface area contributed by atoms with Crippen LogP contribution < -0.4 is 0 Å². The number of hydrogen-bond donors (Lipinski definition) is 0. The molecule has 0 atom stereocenters. The molecular formula is C13H20OSSi. The second-order valence-electron chi connectivity index (χ2n) is 5.33. The highest BCUT2D eigenvalue weighted by Gasteiger charge is 2.36. The first-order chi connectivity index (χ1) is 7.33. The van der Waals surface area contributed by atoms with Crippen molar-refractivity contribution in [3.63, 3.8) is 0 Å². The second-order valence-corrected chi connectivity index (χ2v) is 11.1. The summed E-state index contributed by atoms with van der Waals surface area (Å²) in [7, 11) is -1.63. The summed E-state index contributed by atoms with van der Waals surface area (Å²) in [5, 5.41) is 2.30. The van der Waals surface area contributed by atoms with Crippen molar-refractivity contribution in [1.82, 2.24) is 0 Å². The Morgan fingerprint density at radius 2 is 2.06 bits per heavy atom. The Bertz CT molecular complexity index is 376. The number of rotatable bonds is 2. The normalized spacial score (nSPS) is 12.1. The number of thiophene rings is 1. The van der Waals surface area contributed by atoms with Crippen LogP contribution in [0.4, 0.5) is 0 Å². The van der Waals surface area contributed by atoms with Crippen molar-refractivity contribution in [3.8, 4) is 11.8 Å². The third-order valence-electron chi connectivity index (χ3n) is 3.04. The highest BCUT2D eigenvalue weighted by Crippen LogP contribution is 2.36. The van der Waals surface area contributed by atoms with Crippen molar-refractivity contribution in [3.05, 3.63) is 22.4 Å². The van der Waals surface area contributed by atoms with Gasteiger partial charge in [-0.05, 0) is 29.6 Å². The van der Waals surface area contributed by atoms with E-state index in [-0.39, 0.29) is 5.04 Å². The molecule has 1 heterocycles. The van der Waals surface area contributed by atoms with Gasteiger partial charge in [0.05, 0.1) is 11.5 Å². The standard InChI is InChI=1S/C13H20OSSi/c1-13(2,3)16(4,5)14-10-6-8-12-9-7-11-15-12/h7,9,11H,10H2,1-5H3. The van der Waals surface area contributed by atoms with Crippen molar-refractivity contribution in [2.75, 3.05) is 6.61 Å². The van der Waals surface area contributed by atoms with Crippen LogP contribution in [-0.4, -0.2) is 14.9 Å². The zero-order valence-corrected chi connectivity index (χ0v) is 12.6. The van der Waals surface area contributed by atoms with E-state index in [1.807, 2.05) is 17.5 Å². The highest BCUT2D eigenvalue weighted by atomic mass is 32.1. The zero-order chi connectivity index (χ0) is 12.2. The van der Waals surface area contributed by atoms with E-state index < -0.39 is 8.32 Å². The largest absolute Gasteiger partial charge is 0.406 e. The Balaban J connectivity index is 2.47. The maximum absolute atomic E-state index is 5.96. The average Bonchev–Trinajstić information content (AvgIpc) is 2.63. The Kier molecular flexibility index (Phi) is 4.37. The molecule has 0 bridgehead atoms. The predicted molar refractivity (Wildman–Crippen MR) is 74.3 cm³/mol. The van der Waals surface area contributed by atoms with Crippen LogP contribution in [0.15, 0.2) is 17.5 Å². The first-order valence-electron chi connectivity index (χ1n) is 5.49. The van der Waals surface area contributed by atoms with Gasteiger partial charge >= 0.3 is 0 Å². The molecule has 0 aliphatic heterocycles. The molecule has 1 aromatic rings. The van der Waals surface area contributed by atoms with Gasteiger partial charge in [-0.1, -0.05) is 38.7 Å². The summed E-state index contributed by atoms with van der Waals surface area (Å²) in [6.07, 6.45) is 0. The van der Waals surface area contributed by atoms with Crippen molar-refractivity contribution in [2.24, 2.45) is 0 Å². The van der Waals surface area contributed by atoms with E-state index in [1.54, 1.807) is 11.3 Å². The molecule has 1 nitrogen and oxygen atoms in total. The molecule has 0 aromatic carbocycles. The van der Waals surface area contributed by atoms with Crippen LogP contribution in [0.5, 0.6) is 0 Å². The molecular weight excluding hydrogens is 232 g/mol. The molecule has 1 aromatic heterocycles. The predicted octanol–water partition coefficient (Wildman–Crippen LogP) is 4.12. The van der Waals surface area contributed by atoms with E-state index in [2.05, 4.69) is 45.7 Å². The lowest BCUT2D eigenvalue weighted by Crippen LogP contribution is -2.40. The molecule has 1 rings (SSSR count). The molecule has 0 aliphatic rings. The highest BCUT2D eigenvalue weighted by molar-refractivity contribution is 7.10. The molecule has 0 saturated heterocycles. The minimum atomic E-state index is -1.63. The minimum absolute atomic E-state index is 0.262. The van der Waals surface area contributed by atoms with E-state index in [4.69, 9.17) is 4.43 Å². The Morgan fingerprint density at radius 3 is 2.56 bits per heavy atom. The van der Waals surface area contributed by atoms with Gasteiger partial charge in [0.1, 0.15) is 0 Å². The van der Waals surface area contributed by atoms with Crippen LogP contribution in [0.25, 0.3) is 0 Å². The molecule has 0 radical (unpaired) electrons. The van der Waals surface area contributed by atoms with Crippen LogP contribution in [0.3, 0.4) is 0 Å². The second kappa shape index (κ2) is 5.18. The molecule has 16 heavy (non-hydrogen) atoms. The smallest absolute Gasteiger partial charge is 0.193 e. The maximum atomic E-state index is 5.96. The summed E-state index contributed by atoms with van der Waals surface area (Å²) in [5.41, 5.74) is 0. The van der Waals surface area contributed by atoms with Gasteiger partial charge in [0.15, 0.2) is 8.32 Å². The fourth-order valence-electron chi connectivity index (χ4n) is 0.906. The molecule has 0 aliphatic carbocycles. The first-order valence-corrected chi connectivity index (χ1v) is 9.28. The lowest BCUT2D eigenvalue weighted by atomic mass is 10.2. The monoisotopic (exact) mass is 252 g/mol. The summed E-state index contributed by atoms with van der Waals surface area (Å²) >= 11 is 1.67. The van der Waals surface area contributed by atoms with Gasteiger partial charge in [-0.15, -0.1) is 11.3 Å². The van der Waals surface area contributed by atoms with E-state index in [0.29, 0.717) is 6.61 Å². The minimum Gasteiger partial charge on any atom is -0.406 e. The molecule has 0 N–H and O–H groups in total. The Morgan fingerprint density at radius 1 is 1.38 bits per heavy atom. The zero-order valence-electron chi connectivity index (χ0n) is 10.8. The van der Waals surface area contributed by atoms with Crippen LogP contribution in [-0.2, 0) is 4.43 Å². The van der Waals surface area contributed by atoms with Gasteiger partial charge in [0.2, 0.25) is 0 Å². The average molecular weight is 252 g/mol. The third kappa shape index (κ3) is 3.78. The summed E-state index contributed by atoms with van der Waals surface area (Å²) in [6, 6.07) is 4.05. The van der Waals surface area contributed by atoms with Crippen LogP contribution in [0, 0.1) is 11.8 Å². The van der Waals surface area contributed by atoms with E-state index in [9.17, 15) is 0 Å². The van der Waals surface area contributed by atoms with Crippen LogP contribution in [0.1, 0.15) is 25.6 Å². The van der Waals surface area contributed by atoms with Crippen molar-refractivity contribution < 1.29 is 4.43 Å². The van der Waals surface area contributed by atoms with E-state index in [1.165, 1.54) is 0 Å². The van der Waals surface area contributed by atoms with Gasteiger partial charge in [0, 0.05) is 0 Å². The van der Waals surface area contributed by atoms with Crippen LogP contribution in [0.2, 0.25) is 18.1 Å². The van der Waals surface area contributed by atoms with Gasteiger partial charge in [0.25, 0.3) is 0 Å². The lowest BCUT2D eigenvalue weighted by Gasteiger charge is -2.35. The third-order valence-corrected chi connectivity index (χ3v) is 8.31. The van der Waals surface area contributed by atoms with E-state index in [0.717, 1.165) is 4.88 Å². The molecule has 88 valence electrons. The van der Waals surface area contributed by atoms with Crippen LogP contribution >= 0.6 is 11.3 Å². The van der Waals surface area contributed by atoms with E-state index >= 15 is 0 Å². The molecule has 0 saturated carbocycles. The lowest BCUT2D eigenvalue weighted by molar-refractivity contribution is 0.334. The van der Waals surface area contributed by atoms with Gasteiger partial charge in [-0.25, -0.2) is 0 Å². The molecule has 0 spiro atoms. The maximum Gasteiger partial charge on any atom is 0.193 e. The topological polar surface area (TPSA) is 9.23 Å². The summed E-state index contributed by atoms with van der Waals surface area (Å²) < 4.78 is 5.96. The van der Waals surface area contributed by atoms with Crippen molar-refractivity contribution in [2.45, 2.75) is 38.9 Å². The molecule has 0 amide bonds. The molecule has 0 fully saturated rings. The fraction of sp³-hybridized carbons (Fsp3) is 0.538. The van der Waals surface area contributed by atoms with Crippen molar-refractivity contribution >= 4 is 19.7 Å². The summed E-state index contributed by atoms with van der Waals surface area (Å²) in [4.78, 5) is 1.11. The molecule has 3 heteroatoms. The van der Waals surface area contributed by atoms with Gasteiger partial charge in [-0.3, -0.25) is 0 Å². The Labute approximate surface area is 104 Å². The molecule has 0 unspecified atom stereocenters. The summed E-state index contributed by atoms with van der Waals surface area (Å²) in [6.45, 7) is 11.8. The van der Waals surface area contributed by atoms with Gasteiger partial charge in [-0.2, -0.15) is 0 Å². The quantitative estimate of drug-likeness (QED) is 0.568. The van der Waals surface area contributed by atoms with Crippen molar-refractivity contribution in [1.29, 1.82) is 0 Å². The van der Waals surface area contributed by atoms with Gasteiger partial charge < -0.3 is 4.43 Å².